The number of hydrogen-bond donors (Lipinski definition) is 3. The molecule has 0 saturated carbocycles. The van der Waals surface area contributed by atoms with Crippen molar-refractivity contribution in [3.63, 3.8) is 0 Å². The van der Waals surface area contributed by atoms with Crippen LogP contribution in [0.3, 0.4) is 0 Å². The van der Waals surface area contributed by atoms with E-state index in [1.807, 2.05) is 24.3 Å². The zero-order chi connectivity index (χ0) is 18.6. The van der Waals surface area contributed by atoms with E-state index in [0.717, 1.165) is 0 Å². The normalized spacial score (nSPS) is 16.8. The highest BCUT2D eigenvalue weighted by Crippen LogP contribution is 2.33. The van der Waals surface area contributed by atoms with Gasteiger partial charge in [-0.15, -0.1) is 0 Å². The van der Waals surface area contributed by atoms with E-state index in [1.54, 1.807) is 24.3 Å². The van der Waals surface area contributed by atoms with Gasteiger partial charge in [0.25, 0.3) is 0 Å². The van der Waals surface area contributed by atoms with Crippen molar-refractivity contribution in [1.29, 1.82) is 0 Å². The molecule has 0 saturated heterocycles. The van der Waals surface area contributed by atoms with Crippen LogP contribution in [-0.2, 0) is 0 Å². The molecule has 140 valence electrons. The molecule has 2 aliphatic rings. The molecule has 0 aromatic heterocycles. The molecule has 0 radical (unpaired) electrons. The molecule has 27 heavy (non-hydrogen) atoms. The first-order valence-corrected chi connectivity index (χ1v) is 8.55. The summed E-state index contributed by atoms with van der Waals surface area (Å²) in [7, 11) is 0. The molecular formula is C20H19NO6. The van der Waals surface area contributed by atoms with Gasteiger partial charge in [-0.3, -0.25) is 0 Å². The lowest BCUT2D eigenvalue weighted by molar-refractivity contribution is 0.123. The van der Waals surface area contributed by atoms with E-state index in [9.17, 15) is 10.2 Å². The quantitative estimate of drug-likeness (QED) is 0.717. The Labute approximate surface area is 156 Å². The minimum Gasteiger partial charge on any atom is -0.457 e. The second-order valence-electron chi connectivity index (χ2n) is 6.06. The predicted molar refractivity (Wildman–Crippen MR) is 96.4 cm³/mol. The minimum atomic E-state index is -0.927. The van der Waals surface area contributed by atoms with Crippen LogP contribution in [0.4, 0.5) is 0 Å². The van der Waals surface area contributed by atoms with E-state index in [2.05, 4.69) is 5.32 Å². The summed E-state index contributed by atoms with van der Waals surface area (Å²) in [5.74, 6) is 2.87. The molecule has 2 aromatic carbocycles. The molecule has 2 atom stereocenters. The zero-order valence-electron chi connectivity index (χ0n) is 14.4. The van der Waals surface area contributed by atoms with Gasteiger partial charge in [-0.1, -0.05) is 24.3 Å². The topological polar surface area (TPSA) is 89.4 Å². The first kappa shape index (κ1) is 17.4. The van der Waals surface area contributed by atoms with E-state index in [1.165, 1.54) is 12.5 Å². The first-order valence-electron chi connectivity index (χ1n) is 8.55. The highest BCUT2D eigenvalue weighted by atomic mass is 16.6. The Kier molecular flexibility index (Phi) is 4.97. The largest absolute Gasteiger partial charge is 0.457 e. The van der Waals surface area contributed by atoms with E-state index < -0.39 is 12.2 Å². The van der Waals surface area contributed by atoms with E-state index in [-0.39, 0.29) is 13.1 Å². The van der Waals surface area contributed by atoms with E-state index in [4.69, 9.17) is 18.9 Å². The fourth-order valence-electron chi connectivity index (χ4n) is 2.66. The van der Waals surface area contributed by atoms with Gasteiger partial charge < -0.3 is 34.5 Å². The maximum atomic E-state index is 10.3. The van der Waals surface area contributed by atoms with Crippen LogP contribution in [0, 0.1) is 0 Å². The van der Waals surface area contributed by atoms with Crippen molar-refractivity contribution in [3.8, 4) is 23.0 Å². The maximum absolute atomic E-state index is 10.3. The summed E-state index contributed by atoms with van der Waals surface area (Å²) in [6, 6.07) is 14.4. The number of para-hydroxylation sites is 4. The average Bonchev–Trinajstić information content (AvgIpc) is 2.72. The van der Waals surface area contributed by atoms with Crippen molar-refractivity contribution < 1.29 is 29.2 Å². The molecule has 2 heterocycles. The van der Waals surface area contributed by atoms with Gasteiger partial charge in [0.15, 0.2) is 34.5 Å². The van der Waals surface area contributed by atoms with E-state index in [0.29, 0.717) is 34.5 Å². The summed E-state index contributed by atoms with van der Waals surface area (Å²) in [4.78, 5) is 0. The third-order valence-corrected chi connectivity index (χ3v) is 4.09. The van der Waals surface area contributed by atoms with Crippen molar-refractivity contribution in [3.05, 3.63) is 72.6 Å². The van der Waals surface area contributed by atoms with E-state index >= 15 is 0 Å². The molecule has 2 aliphatic heterocycles. The Bertz CT molecular complexity index is 807. The molecule has 4 rings (SSSR count). The molecule has 2 aromatic rings. The molecule has 0 amide bonds. The average molecular weight is 369 g/mol. The number of benzene rings is 2. The number of nitrogens with one attached hydrogen (secondary N) is 1. The lowest BCUT2D eigenvalue weighted by Crippen LogP contribution is -2.37. The Morgan fingerprint density at radius 2 is 1.07 bits per heavy atom. The third-order valence-electron chi connectivity index (χ3n) is 4.09. The first-order chi connectivity index (χ1) is 13.2. The van der Waals surface area contributed by atoms with Crippen molar-refractivity contribution in [2.24, 2.45) is 0 Å². The van der Waals surface area contributed by atoms with Crippen LogP contribution in [0.1, 0.15) is 0 Å². The lowest BCUT2D eigenvalue weighted by Gasteiger charge is -2.23. The number of ether oxygens (including phenoxy) is 4. The fourth-order valence-corrected chi connectivity index (χ4v) is 2.66. The molecule has 2 unspecified atom stereocenters. The summed E-state index contributed by atoms with van der Waals surface area (Å²) in [5, 5.41) is 23.5. The summed E-state index contributed by atoms with van der Waals surface area (Å²) in [6.45, 7) is 0.332. The Morgan fingerprint density at radius 1 is 0.667 bits per heavy atom. The molecule has 0 spiro atoms. The van der Waals surface area contributed by atoms with Crippen LogP contribution in [0.15, 0.2) is 72.6 Å². The van der Waals surface area contributed by atoms with Crippen LogP contribution in [0.2, 0.25) is 0 Å². The Morgan fingerprint density at radius 3 is 1.52 bits per heavy atom. The van der Waals surface area contributed by atoms with Gasteiger partial charge in [-0.2, -0.15) is 0 Å². The summed E-state index contributed by atoms with van der Waals surface area (Å²) in [5.41, 5.74) is 0. The van der Waals surface area contributed by atoms with Crippen molar-refractivity contribution in [2.45, 2.75) is 12.2 Å². The SMILES string of the molecule is OC(CNCC(O)C1=COc2ccccc2O1)C1=COc2ccccc2O1. The number of aliphatic hydroxyl groups is 2. The number of hydrogen-bond acceptors (Lipinski definition) is 7. The third kappa shape index (κ3) is 3.90. The Hall–Kier alpha value is -3.00. The maximum Gasteiger partial charge on any atom is 0.169 e. The van der Waals surface area contributed by atoms with Gasteiger partial charge in [0.05, 0.1) is 0 Å². The van der Waals surface area contributed by atoms with Crippen molar-refractivity contribution in [1.82, 2.24) is 5.32 Å². The molecular weight excluding hydrogens is 350 g/mol. The molecule has 7 heteroatoms. The summed E-state index contributed by atoms with van der Waals surface area (Å²) >= 11 is 0. The van der Waals surface area contributed by atoms with Gasteiger partial charge in [0.2, 0.25) is 0 Å². The van der Waals surface area contributed by atoms with Crippen LogP contribution in [-0.4, -0.2) is 35.5 Å². The highest BCUT2D eigenvalue weighted by molar-refractivity contribution is 5.44. The summed E-state index contributed by atoms with van der Waals surface area (Å²) < 4.78 is 22.2. The number of rotatable bonds is 6. The minimum absolute atomic E-state index is 0.166. The van der Waals surface area contributed by atoms with Crippen LogP contribution in [0.5, 0.6) is 23.0 Å². The molecule has 0 aliphatic carbocycles. The second-order valence-corrected chi connectivity index (χ2v) is 6.06. The smallest absolute Gasteiger partial charge is 0.169 e. The standard InChI is InChI=1S/C20H19NO6/c22-13(19-11-24-15-5-1-3-7-17(15)26-19)9-21-10-14(23)20-12-25-16-6-2-4-8-18(16)27-20/h1-8,11-14,21-23H,9-10H2. The van der Waals surface area contributed by atoms with Crippen LogP contribution < -0.4 is 24.3 Å². The molecule has 0 bridgehead atoms. The van der Waals surface area contributed by atoms with Crippen LogP contribution in [0.25, 0.3) is 0 Å². The Balaban J connectivity index is 1.26. The van der Waals surface area contributed by atoms with Crippen molar-refractivity contribution >= 4 is 0 Å². The number of fused-ring (bicyclic) bond motifs is 2. The molecule has 7 nitrogen and oxygen atoms in total. The van der Waals surface area contributed by atoms with Crippen molar-refractivity contribution in [2.75, 3.05) is 13.1 Å². The second kappa shape index (κ2) is 7.71. The lowest BCUT2D eigenvalue weighted by atomic mass is 10.2. The van der Waals surface area contributed by atoms with Gasteiger partial charge in [0.1, 0.15) is 24.7 Å². The fraction of sp³-hybridized carbons (Fsp3) is 0.200. The van der Waals surface area contributed by atoms with Gasteiger partial charge in [0, 0.05) is 13.1 Å². The van der Waals surface area contributed by atoms with Gasteiger partial charge >= 0.3 is 0 Å². The molecule has 0 fully saturated rings. The number of aliphatic hydroxyl groups excluding tert-OH is 2. The monoisotopic (exact) mass is 369 g/mol. The zero-order valence-corrected chi connectivity index (χ0v) is 14.4. The predicted octanol–water partition coefficient (Wildman–Crippen LogP) is 1.92. The van der Waals surface area contributed by atoms with Gasteiger partial charge in [-0.05, 0) is 24.3 Å². The summed E-state index contributed by atoms with van der Waals surface area (Å²) in [6.07, 6.45) is 0.901. The molecule has 3 N–H and O–H groups in total. The van der Waals surface area contributed by atoms with Gasteiger partial charge in [-0.25, -0.2) is 0 Å². The highest BCUT2D eigenvalue weighted by Gasteiger charge is 2.23. The van der Waals surface area contributed by atoms with Crippen LogP contribution >= 0.6 is 0 Å².